The van der Waals surface area contributed by atoms with Crippen LogP contribution in [-0.2, 0) is 12.8 Å². The summed E-state index contributed by atoms with van der Waals surface area (Å²) in [6.45, 7) is 2.13. The topological polar surface area (TPSA) is 85.2 Å². The van der Waals surface area contributed by atoms with Gasteiger partial charge in [0.1, 0.15) is 0 Å². The molecule has 1 atom stereocenters. The number of rotatable bonds is 6. The van der Waals surface area contributed by atoms with E-state index in [0.29, 0.717) is 24.6 Å². The number of aliphatic hydroxyl groups excluding tert-OH is 1. The van der Waals surface area contributed by atoms with Gasteiger partial charge in [-0.1, -0.05) is 18.5 Å². The average Bonchev–Trinajstić information content (AvgIpc) is 2.53. The standard InChI is InChI=1S/C9H17N3O2/c1-2-3-7(10)6-9-11-8(4-5-13)12-14-9/h7,13H,2-6,10H2,1H3. The highest BCUT2D eigenvalue weighted by Gasteiger charge is 2.09. The Bertz CT molecular complexity index is 262. The van der Waals surface area contributed by atoms with Gasteiger partial charge in [0.2, 0.25) is 5.89 Å². The summed E-state index contributed by atoms with van der Waals surface area (Å²) in [5.41, 5.74) is 5.82. The lowest BCUT2D eigenvalue weighted by atomic mass is 10.1. The third-order valence-electron chi connectivity index (χ3n) is 1.94. The summed E-state index contributed by atoms with van der Waals surface area (Å²) < 4.78 is 4.98. The first kappa shape index (κ1) is 11.1. The Morgan fingerprint density at radius 3 is 3.00 bits per heavy atom. The van der Waals surface area contributed by atoms with Gasteiger partial charge in [-0.15, -0.1) is 0 Å². The first-order chi connectivity index (χ1) is 6.76. The van der Waals surface area contributed by atoms with Gasteiger partial charge in [0.15, 0.2) is 5.82 Å². The maximum atomic E-state index is 8.65. The molecule has 0 amide bonds. The van der Waals surface area contributed by atoms with Crippen molar-refractivity contribution in [2.24, 2.45) is 5.73 Å². The summed E-state index contributed by atoms with van der Waals surface area (Å²) in [4.78, 5) is 4.10. The van der Waals surface area contributed by atoms with Gasteiger partial charge in [-0.25, -0.2) is 0 Å². The molecule has 5 nitrogen and oxygen atoms in total. The minimum Gasteiger partial charge on any atom is -0.396 e. The fraction of sp³-hybridized carbons (Fsp3) is 0.778. The van der Waals surface area contributed by atoms with Crippen molar-refractivity contribution in [3.63, 3.8) is 0 Å². The van der Waals surface area contributed by atoms with Gasteiger partial charge in [0.25, 0.3) is 0 Å². The largest absolute Gasteiger partial charge is 0.396 e. The summed E-state index contributed by atoms with van der Waals surface area (Å²) in [7, 11) is 0. The van der Waals surface area contributed by atoms with E-state index in [1.54, 1.807) is 0 Å². The van der Waals surface area contributed by atoms with Crippen LogP contribution in [-0.4, -0.2) is 27.9 Å². The lowest BCUT2D eigenvalue weighted by Crippen LogP contribution is -2.22. The van der Waals surface area contributed by atoms with Crippen molar-refractivity contribution < 1.29 is 9.63 Å². The van der Waals surface area contributed by atoms with Crippen molar-refractivity contribution in [2.45, 2.75) is 38.6 Å². The second-order valence-corrected chi connectivity index (χ2v) is 3.33. The minimum absolute atomic E-state index is 0.0417. The van der Waals surface area contributed by atoms with E-state index in [-0.39, 0.29) is 12.6 Å². The Morgan fingerprint density at radius 2 is 2.36 bits per heavy atom. The van der Waals surface area contributed by atoms with E-state index in [1.165, 1.54) is 0 Å². The summed E-state index contributed by atoms with van der Waals surface area (Å²) >= 11 is 0. The molecular formula is C9H17N3O2. The van der Waals surface area contributed by atoms with Crippen LogP contribution in [0.5, 0.6) is 0 Å². The molecule has 0 fully saturated rings. The van der Waals surface area contributed by atoms with E-state index in [2.05, 4.69) is 17.1 Å². The number of aliphatic hydroxyl groups is 1. The molecule has 1 heterocycles. The first-order valence-electron chi connectivity index (χ1n) is 4.94. The van der Waals surface area contributed by atoms with Crippen LogP contribution in [0.1, 0.15) is 31.5 Å². The third kappa shape index (κ3) is 3.43. The van der Waals surface area contributed by atoms with Gasteiger partial charge in [-0.2, -0.15) is 4.98 Å². The molecule has 3 N–H and O–H groups in total. The first-order valence-corrected chi connectivity index (χ1v) is 4.94. The van der Waals surface area contributed by atoms with E-state index >= 15 is 0 Å². The fourth-order valence-electron chi connectivity index (χ4n) is 1.27. The Labute approximate surface area is 83.3 Å². The number of aromatic nitrogens is 2. The molecule has 14 heavy (non-hydrogen) atoms. The quantitative estimate of drug-likeness (QED) is 0.687. The average molecular weight is 199 g/mol. The third-order valence-corrected chi connectivity index (χ3v) is 1.94. The number of hydrogen-bond acceptors (Lipinski definition) is 5. The second kappa shape index (κ2) is 5.72. The molecule has 80 valence electrons. The fourth-order valence-corrected chi connectivity index (χ4v) is 1.27. The maximum absolute atomic E-state index is 8.65. The molecular weight excluding hydrogens is 182 g/mol. The molecule has 0 bridgehead atoms. The van der Waals surface area contributed by atoms with Crippen molar-refractivity contribution in [3.05, 3.63) is 11.7 Å². The zero-order valence-corrected chi connectivity index (χ0v) is 8.44. The zero-order chi connectivity index (χ0) is 10.4. The molecule has 5 heteroatoms. The van der Waals surface area contributed by atoms with Gasteiger partial charge >= 0.3 is 0 Å². The van der Waals surface area contributed by atoms with Crippen LogP contribution in [0.2, 0.25) is 0 Å². The number of nitrogens with zero attached hydrogens (tertiary/aromatic N) is 2. The highest BCUT2D eigenvalue weighted by molar-refractivity contribution is 4.88. The summed E-state index contributed by atoms with van der Waals surface area (Å²) in [5.74, 6) is 1.11. The molecule has 0 radical (unpaired) electrons. The Kier molecular flexibility index (Phi) is 4.55. The van der Waals surface area contributed by atoms with Crippen LogP contribution < -0.4 is 5.73 Å². The van der Waals surface area contributed by atoms with Crippen molar-refractivity contribution >= 4 is 0 Å². The van der Waals surface area contributed by atoms with Crippen molar-refractivity contribution in [2.75, 3.05) is 6.61 Å². The minimum atomic E-state index is 0.0417. The van der Waals surface area contributed by atoms with E-state index < -0.39 is 0 Å². The summed E-state index contributed by atoms with van der Waals surface area (Å²) in [6.07, 6.45) is 3.06. The van der Waals surface area contributed by atoms with E-state index in [0.717, 1.165) is 12.8 Å². The normalized spacial score (nSPS) is 13.1. The van der Waals surface area contributed by atoms with Crippen molar-refractivity contribution in [1.29, 1.82) is 0 Å². The van der Waals surface area contributed by atoms with E-state index in [4.69, 9.17) is 15.4 Å². The van der Waals surface area contributed by atoms with Gasteiger partial charge < -0.3 is 15.4 Å². The highest BCUT2D eigenvalue weighted by atomic mass is 16.5. The highest BCUT2D eigenvalue weighted by Crippen LogP contribution is 2.04. The Hall–Kier alpha value is -0.940. The van der Waals surface area contributed by atoms with Crippen LogP contribution >= 0.6 is 0 Å². The molecule has 1 rings (SSSR count). The maximum Gasteiger partial charge on any atom is 0.228 e. The van der Waals surface area contributed by atoms with E-state index in [1.807, 2.05) is 0 Å². The lowest BCUT2D eigenvalue weighted by molar-refractivity contribution is 0.292. The zero-order valence-electron chi connectivity index (χ0n) is 8.44. The van der Waals surface area contributed by atoms with Crippen LogP contribution in [0.25, 0.3) is 0 Å². The van der Waals surface area contributed by atoms with Crippen LogP contribution in [0.4, 0.5) is 0 Å². The van der Waals surface area contributed by atoms with Crippen LogP contribution in [0, 0.1) is 0 Å². The van der Waals surface area contributed by atoms with Gasteiger partial charge in [-0.3, -0.25) is 0 Å². The SMILES string of the molecule is CCCC(N)Cc1nc(CCO)no1. The second-order valence-electron chi connectivity index (χ2n) is 3.33. The van der Waals surface area contributed by atoms with Crippen molar-refractivity contribution in [1.82, 2.24) is 10.1 Å². The summed E-state index contributed by atoms with van der Waals surface area (Å²) in [6, 6.07) is 0.0856. The molecule has 1 aromatic rings. The molecule has 0 aliphatic heterocycles. The van der Waals surface area contributed by atoms with Gasteiger partial charge in [0.05, 0.1) is 6.61 Å². The molecule has 1 aromatic heterocycles. The Balaban J connectivity index is 2.42. The smallest absolute Gasteiger partial charge is 0.228 e. The predicted molar refractivity (Wildman–Crippen MR) is 51.7 cm³/mol. The molecule has 0 saturated heterocycles. The predicted octanol–water partition coefficient (Wildman–Crippen LogP) is 0.274. The number of nitrogens with two attached hydrogens (primary N) is 1. The molecule has 1 unspecified atom stereocenters. The monoisotopic (exact) mass is 199 g/mol. The lowest BCUT2D eigenvalue weighted by Gasteiger charge is -2.05. The Morgan fingerprint density at radius 1 is 1.57 bits per heavy atom. The molecule has 0 spiro atoms. The van der Waals surface area contributed by atoms with E-state index in [9.17, 15) is 0 Å². The number of hydrogen-bond donors (Lipinski definition) is 2. The van der Waals surface area contributed by atoms with Gasteiger partial charge in [-0.05, 0) is 6.42 Å². The van der Waals surface area contributed by atoms with Crippen LogP contribution in [0.3, 0.4) is 0 Å². The molecule has 0 aromatic carbocycles. The van der Waals surface area contributed by atoms with Gasteiger partial charge in [0, 0.05) is 18.9 Å². The van der Waals surface area contributed by atoms with Crippen LogP contribution in [0.15, 0.2) is 4.52 Å². The molecule has 0 saturated carbocycles. The molecule has 0 aliphatic carbocycles. The molecule has 0 aliphatic rings. The summed E-state index contributed by atoms with van der Waals surface area (Å²) in [5, 5.41) is 12.4. The van der Waals surface area contributed by atoms with Crippen molar-refractivity contribution in [3.8, 4) is 0 Å².